The number of hydrogen-bond donors (Lipinski definition) is 0. The van der Waals surface area contributed by atoms with E-state index in [0.29, 0.717) is 30.7 Å². The number of halogens is 1. The van der Waals surface area contributed by atoms with Crippen molar-refractivity contribution in [1.82, 2.24) is 9.47 Å². The van der Waals surface area contributed by atoms with Crippen LogP contribution >= 0.6 is 11.6 Å². The Morgan fingerprint density at radius 3 is 2.20 bits per heavy atom. The van der Waals surface area contributed by atoms with E-state index in [1.54, 1.807) is 4.90 Å². The predicted molar refractivity (Wildman–Crippen MR) is 174 cm³/mol. The second-order valence-corrected chi connectivity index (χ2v) is 14.3. The van der Waals surface area contributed by atoms with E-state index in [4.69, 9.17) is 21.1 Å². The van der Waals surface area contributed by atoms with Gasteiger partial charge in [-0.3, -0.25) is 4.90 Å². The van der Waals surface area contributed by atoms with Crippen molar-refractivity contribution in [2.24, 2.45) is 23.2 Å². The number of carbonyl (C=O) groups excluding carboxylic acids is 2. The lowest BCUT2D eigenvalue weighted by Crippen LogP contribution is -2.60. The number of ether oxygens (including phenoxy) is 2. The summed E-state index contributed by atoms with van der Waals surface area (Å²) >= 11 is 6.76. The average Bonchev–Trinajstić information content (AvgIpc) is 3.36. The third-order valence-electron chi connectivity index (χ3n) is 11.2. The van der Waals surface area contributed by atoms with E-state index >= 15 is 0 Å². The number of esters is 1. The van der Waals surface area contributed by atoms with Crippen LogP contribution < -0.4 is 0 Å². The molecule has 0 unspecified atom stereocenters. The minimum Gasteiger partial charge on any atom is -0.459 e. The Hall–Kier alpha value is -3.77. The Labute approximate surface area is 269 Å². The van der Waals surface area contributed by atoms with E-state index in [0.717, 1.165) is 57.6 Å². The maximum Gasteiger partial charge on any atom is 0.410 e. The summed E-state index contributed by atoms with van der Waals surface area (Å²) in [6.45, 7) is 0.741. The quantitative estimate of drug-likeness (QED) is 0.203. The molecule has 4 aliphatic carbocycles. The average molecular weight is 623 g/mol. The van der Waals surface area contributed by atoms with Gasteiger partial charge in [0.15, 0.2) is 0 Å². The van der Waals surface area contributed by atoms with Crippen LogP contribution in [0.2, 0.25) is 5.02 Å². The third-order valence-corrected chi connectivity index (χ3v) is 11.6. The minimum absolute atomic E-state index is 0.136. The highest BCUT2D eigenvalue weighted by molar-refractivity contribution is 6.31. The largest absolute Gasteiger partial charge is 0.459 e. The van der Waals surface area contributed by atoms with Crippen molar-refractivity contribution in [3.63, 3.8) is 0 Å². The van der Waals surface area contributed by atoms with Gasteiger partial charge in [0.05, 0.1) is 13.2 Å². The smallest absolute Gasteiger partial charge is 0.410 e. The van der Waals surface area contributed by atoms with Crippen molar-refractivity contribution in [2.45, 2.75) is 70.2 Å². The predicted octanol–water partition coefficient (Wildman–Crippen LogP) is 8.34. The van der Waals surface area contributed by atoms with Crippen LogP contribution in [0.25, 0.3) is 10.9 Å². The van der Waals surface area contributed by atoms with E-state index in [-0.39, 0.29) is 24.0 Å². The van der Waals surface area contributed by atoms with E-state index in [9.17, 15) is 9.59 Å². The van der Waals surface area contributed by atoms with E-state index in [1.165, 1.54) is 26.4 Å². The summed E-state index contributed by atoms with van der Waals surface area (Å²) in [4.78, 5) is 30.0. The number of para-hydroxylation sites is 1. The van der Waals surface area contributed by atoms with Crippen molar-refractivity contribution < 1.29 is 19.1 Å². The van der Waals surface area contributed by atoms with Crippen LogP contribution in [0.4, 0.5) is 4.79 Å². The third kappa shape index (κ3) is 4.84. The summed E-state index contributed by atoms with van der Waals surface area (Å²) in [6.07, 6.45) is 6.95. The maximum absolute atomic E-state index is 14.2. The van der Waals surface area contributed by atoms with Gasteiger partial charge >= 0.3 is 12.1 Å². The molecule has 45 heavy (non-hydrogen) atoms. The van der Waals surface area contributed by atoms with Crippen molar-refractivity contribution in [2.75, 3.05) is 7.11 Å². The molecule has 2 atom stereocenters. The van der Waals surface area contributed by atoms with Crippen LogP contribution in [0, 0.1) is 23.2 Å². The molecule has 0 spiro atoms. The number of benzene rings is 3. The van der Waals surface area contributed by atoms with Crippen LogP contribution in [0.5, 0.6) is 0 Å². The normalized spacial score (nSPS) is 28.2. The highest BCUT2D eigenvalue weighted by Gasteiger charge is 2.60. The topological polar surface area (TPSA) is 60.8 Å². The Balaban J connectivity index is 1.31. The van der Waals surface area contributed by atoms with Crippen molar-refractivity contribution in [3.8, 4) is 0 Å². The number of methoxy groups -OCH3 is 1. The van der Waals surface area contributed by atoms with Gasteiger partial charge in [0.25, 0.3) is 0 Å². The van der Waals surface area contributed by atoms with Gasteiger partial charge in [-0.05, 0) is 90.5 Å². The molecule has 5 aliphatic rings. The molecule has 9 rings (SSSR count). The van der Waals surface area contributed by atoms with E-state index < -0.39 is 12.1 Å². The summed E-state index contributed by atoms with van der Waals surface area (Å²) < 4.78 is 13.9. The molecule has 7 heteroatoms. The molecule has 1 amide bonds. The van der Waals surface area contributed by atoms with Crippen molar-refractivity contribution in [3.05, 3.63) is 106 Å². The van der Waals surface area contributed by atoms with Crippen molar-refractivity contribution in [1.29, 1.82) is 0 Å². The number of carbonyl (C=O) groups is 2. The molecule has 1 aromatic heterocycles. The molecule has 1 aliphatic heterocycles. The molecule has 2 heterocycles. The molecule has 6 nitrogen and oxygen atoms in total. The lowest BCUT2D eigenvalue weighted by atomic mass is 9.47. The maximum atomic E-state index is 14.2. The first-order chi connectivity index (χ1) is 21.9. The highest BCUT2D eigenvalue weighted by Crippen LogP contribution is 2.66. The van der Waals surface area contributed by atoms with Gasteiger partial charge in [0.1, 0.15) is 12.6 Å². The van der Waals surface area contributed by atoms with E-state index in [1.807, 2.05) is 48.5 Å². The Bertz CT molecular complexity index is 1730. The first kappa shape index (κ1) is 28.7. The monoisotopic (exact) mass is 622 g/mol. The summed E-state index contributed by atoms with van der Waals surface area (Å²) in [7, 11) is 1.43. The molecule has 0 radical (unpaired) electrons. The standard InChI is InChI=1S/C38H39ClN2O4/c1-44-37(43)41-33(36(42)45-23-24-9-3-2-4-10-24)18-30-29-12-6-8-14-32(29)40(22-28-11-5-7-13-31(28)39)34(30)35(41)38-19-25-15-26(20-38)17-27(16-25)21-38/h2-14,25-27,33,35H,15-23H2,1H3/t25?,26?,27?,33-,35-,38?/m0/s1. The second-order valence-electron chi connectivity index (χ2n) is 13.9. The Morgan fingerprint density at radius 1 is 0.867 bits per heavy atom. The lowest BCUT2D eigenvalue weighted by molar-refractivity contribution is -0.158. The van der Waals surface area contributed by atoms with Gasteiger partial charge in [0, 0.05) is 34.6 Å². The highest BCUT2D eigenvalue weighted by atomic mass is 35.5. The zero-order valence-electron chi connectivity index (χ0n) is 25.7. The van der Waals surface area contributed by atoms with Gasteiger partial charge in [-0.1, -0.05) is 78.3 Å². The Kier molecular flexibility index (Phi) is 7.16. The molecule has 0 saturated heterocycles. The molecule has 4 bridgehead atoms. The molecule has 4 saturated carbocycles. The summed E-state index contributed by atoms with van der Waals surface area (Å²) in [5, 5.41) is 1.85. The molecular formula is C38H39ClN2O4. The number of nitrogens with zero attached hydrogens (tertiary/aromatic N) is 2. The van der Waals surface area contributed by atoms with Crippen LogP contribution in [-0.2, 0) is 33.8 Å². The number of rotatable bonds is 6. The second kappa shape index (κ2) is 11.2. The van der Waals surface area contributed by atoms with Crippen LogP contribution in [0.1, 0.15) is 67.0 Å². The van der Waals surface area contributed by atoms with Crippen LogP contribution in [0.15, 0.2) is 78.9 Å². The first-order valence-electron chi connectivity index (χ1n) is 16.3. The number of aromatic nitrogens is 1. The molecule has 0 N–H and O–H groups in total. The van der Waals surface area contributed by atoms with Crippen LogP contribution in [0.3, 0.4) is 0 Å². The molecule has 4 fully saturated rings. The Morgan fingerprint density at radius 2 is 1.51 bits per heavy atom. The number of amides is 1. The molecule has 4 aromatic rings. The molecular weight excluding hydrogens is 584 g/mol. The van der Waals surface area contributed by atoms with Crippen LogP contribution in [-0.4, -0.2) is 34.7 Å². The summed E-state index contributed by atoms with van der Waals surface area (Å²) in [5.41, 5.74) is 5.18. The fourth-order valence-corrected chi connectivity index (χ4v) is 10.1. The minimum atomic E-state index is -0.786. The molecule has 3 aromatic carbocycles. The van der Waals surface area contributed by atoms with Crippen molar-refractivity contribution >= 4 is 34.6 Å². The molecule has 232 valence electrons. The van der Waals surface area contributed by atoms with Gasteiger partial charge in [-0.25, -0.2) is 9.59 Å². The number of fused-ring (bicyclic) bond motifs is 3. The summed E-state index contributed by atoms with van der Waals surface area (Å²) in [5.74, 6) is 1.59. The van der Waals surface area contributed by atoms with Gasteiger partial charge < -0.3 is 14.0 Å². The van der Waals surface area contributed by atoms with E-state index in [2.05, 4.69) is 34.9 Å². The number of hydrogen-bond acceptors (Lipinski definition) is 4. The van der Waals surface area contributed by atoms with Gasteiger partial charge in [-0.15, -0.1) is 0 Å². The zero-order valence-corrected chi connectivity index (χ0v) is 26.4. The summed E-state index contributed by atoms with van der Waals surface area (Å²) in [6, 6.07) is 25.1. The zero-order chi connectivity index (χ0) is 30.7. The fourth-order valence-electron chi connectivity index (χ4n) is 9.95. The fraction of sp³-hybridized carbons (Fsp3) is 0.421. The van der Waals surface area contributed by atoms with Gasteiger partial charge in [-0.2, -0.15) is 0 Å². The first-order valence-corrected chi connectivity index (χ1v) is 16.7. The SMILES string of the molecule is COC(=O)N1[C@H](C23CC4CC(CC(C4)C2)C3)c2c(c3ccccc3n2Cc2ccccc2Cl)C[C@H]1C(=O)OCc1ccccc1. The van der Waals surface area contributed by atoms with Gasteiger partial charge in [0.2, 0.25) is 0 Å². The lowest BCUT2D eigenvalue weighted by Gasteiger charge is -2.62.